The van der Waals surface area contributed by atoms with E-state index in [0.717, 1.165) is 27.6 Å². The van der Waals surface area contributed by atoms with Crippen LogP contribution in [-0.2, 0) is 9.59 Å². The zero-order valence-electron chi connectivity index (χ0n) is 21.0. The summed E-state index contributed by atoms with van der Waals surface area (Å²) in [5.41, 5.74) is 3.91. The molecule has 1 unspecified atom stereocenters. The summed E-state index contributed by atoms with van der Waals surface area (Å²) in [6, 6.07) is 25.7. The Balaban J connectivity index is 1.73. The number of nitriles is 1. The Bertz CT molecular complexity index is 1640. The minimum Gasteiger partial charge on any atom is -0.271 e. The molecule has 1 atom stereocenters. The monoisotopic (exact) mass is 486 g/mol. The average Bonchev–Trinajstić information content (AvgIpc) is 3.35. The van der Waals surface area contributed by atoms with Gasteiger partial charge in [0.1, 0.15) is 11.6 Å². The molecule has 6 nitrogen and oxygen atoms in total. The molecule has 6 heteroatoms. The molecule has 0 spiro atoms. The van der Waals surface area contributed by atoms with E-state index in [1.165, 1.54) is 4.90 Å². The Morgan fingerprint density at radius 3 is 2.38 bits per heavy atom. The summed E-state index contributed by atoms with van der Waals surface area (Å²) in [6.07, 6.45) is 4.23. The lowest BCUT2D eigenvalue weighted by Gasteiger charge is -2.31. The quantitative estimate of drug-likeness (QED) is 0.253. The Morgan fingerprint density at radius 2 is 1.68 bits per heavy atom. The van der Waals surface area contributed by atoms with Gasteiger partial charge in [0.15, 0.2) is 0 Å². The Hall–Kier alpha value is -4.76. The molecular formula is C31H26N4O2. The number of carbonyl (C=O) groups excluding carboxylic acids is 2. The van der Waals surface area contributed by atoms with E-state index in [1.54, 1.807) is 17.7 Å². The largest absolute Gasteiger partial charge is 0.271 e. The third-order valence-corrected chi connectivity index (χ3v) is 6.89. The topological polar surface area (TPSA) is 79.0 Å². The van der Waals surface area contributed by atoms with Crippen molar-refractivity contribution in [2.24, 2.45) is 0 Å². The molecule has 0 saturated heterocycles. The van der Waals surface area contributed by atoms with E-state index < -0.39 is 11.8 Å². The zero-order valence-corrected chi connectivity index (χ0v) is 21.0. The lowest BCUT2D eigenvalue weighted by Crippen LogP contribution is -2.47. The number of nitrogens with zero attached hydrogens (tertiary/aromatic N) is 4. The molecule has 0 fully saturated rings. The van der Waals surface area contributed by atoms with E-state index in [9.17, 15) is 14.9 Å². The molecule has 0 saturated carbocycles. The van der Waals surface area contributed by atoms with E-state index in [-0.39, 0.29) is 11.6 Å². The predicted molar refractivity (Wildman–Crippen MR) is 144 cm³/mol. The molecule has 0 bridgehead atoms. The smallest absolute Gasteiger partial charge is 0.271 e. The van der Waals surface area contributed by atoms with Crippen LogP contribution >= 0.6 is 0 Å². The summed E-state index contributed by atoms with van der Waals surface area (Å²) in [4.78, 5) is 27.7. The summed E-state index contributed by atoms with van der Waals surface area (Å²) in [6.45, 7) is 5.38. The fourth-order valence-electron chi connectivity index (χ4n) is 4.60. The molecule has 0 aliphatic carbocycles. The van der Waals surface area contributed by atoms with Crippen LogP contribution in [0, 0.1) is 11.3 Å². The average molecular weight is 487 g/mol. The maximum atomic E-state index is 13.6. The van der Waals surface area contributed by atoms with Crippen LogP contribution in [0.5, 0.6) is 0 Å². The Kier molecular flexibility index (Phi) is 6.29. The summed E-state index contributed by atoms with van der Waals surface area (Å²) in [7, 11) is 0. The first kappa shape index (κ1) is 24.0. The van der Waals surface area contributed by atoms with Gasteiger partial charge in [0.2, 0.25) is 0 Å². The molecule has 1 aromatic heterocycles. The Labute approximate surface area is 215 Å². The number of hydrogen-bond donors (Lipinski definition) is 0. The molecular weight excluding hydrogens is 460 g/mol. The minimum atomic E-state index is -0.536. The number of amides is 2. The highest BCUT2D eigenvalue weighted by Crippen LogP contribution is 2.33. The number of fused-ring (bicyclic) bond motifs is 1. The van der Waals surface area contributed by atoms with Crippen molar-refractivity contribution in [3.05, 3.63) is 101 Å². The van der Waals surface area contributed by atoms with E-state index >= 15 is 0 Å². The van der Waals surface area contributed by atoms with Crippen LogP contribution in [0.25, 0.3) is 33.8 Å². The lowest BCUT2D eigenvalue weighted by atomic mass is 9.92. The van der Waals surface area contributed by atoms with Crippen molar-refractivity contribution < 1.29 is 9.59 Å². The van der Waals surface area contributed by atoms with Crippen LogP contribution in [0.4, 0.5) is 0 Å². The second-order valence-corrected chi connectivity index (χ2v) is 9.18. The van der Waals surface area contributed by atoms with Gasteiger partial charge in [0.05, 0.1) is 11.4 Å². The summed E-state index contributed by atoms with van der Waals surface area (Å²) in [5.74, 6) is -0.931. The summed E-state index contributed by atoms with van der Waals surface area (Å²) in [5, 5.41) is 16.8. The molecule has 0 N–H and O–H groups in total. The van der Waals surface area contributed by atoms with Crippen LogP contribution in [0.15, 0.2) is 95.7 Å². The summed E-state index contributed by atoms with van der Waals surface area (Å²) >= 11 is 0. The number of benzene rings is 3. The van der Waals surface area contributed by atoms with E-state index in [1.807, 2.05) is 74.6 Å². The summed E-state index contributed by atoms with van der Waals surface area (Å²) < 4.78 is 1.78. The molecule has 37 heavy (non-hydrogen) atoms. The first-order valence-electron chi connectivity index (χ1n) is 12.3. The lowest BCUT2D eigenvalue weighted by molar-refractivity contribution is -0.142. The first-order valence-corrected chi connectivity index (χ1v) is 12.3. The van der Waals surface area contributed by atoms with Crippen molar-refractivity contribution in [3.63, 3.8) is 0 Å². The molecule has 2 amide bonds. The van der Waals surface area contributed by atoms with Crippen molar-refractivity contribution in [1.82, 2.24) is 14.7 Å². The van der Waals surface area contributed by atoms with Crippen molar-refractivity contribution in [3.8, 4) is 23.0 Å². The second kappa shape index (κ2) is 9.71. The van der Waals surface area contributed by atoms with Crippen LogP contribution in [0.1, 0.15) is 32.8 Å². The number of rotatable bonds is 5. The molecule has 4 aromatic rings. The molecule has 1 aliphatic rings. The van der Waals surface area contributed by atoms with Crippen molar-refractivity contribution in [2.45, 2.75) is 33.2 Å². The third kappa shape index (κ3) is 4.25. The first-order chi connectivity index (χ1) is 17.9. The van der Waals surface area contributed by atoms with Gasteiger partial charge >= 0.3 is 0 Å². The maximum Gasteiger partial charge on any atom is 0.271 e. The standard InChI is InChI=1S/C31H26N4O2/c1-4-20(2)35-30(36)27(21(3)28(18-32)31(35)37)17-25-19-34(26-12-6-5-7-13-26)33-29(25)24-15-14-22-10-8-9-11-23(22)16-24/h5-17,19-20H,4H2,1-3H3/b27-17+. The molecule has 1 aliphatic heterocycles. The van der Waals surface area contributed by atoms with Crippen LogP contribution in [-0.4, -0.2) is 32.5 Å². The molecule has 182 valence electrons. The number of aromatic nitrogens is 2. The number of imide groups is 1. The molecule has 0 radical (unpaired) electrons. The zero-order chi connectivity index (χ0) is 26.1. The minimum absolute atomic E-state index is 0.00569. The highest BCUT2D eigenvalue weighted by Gasteiger charge is 2.37. The van der Waals surface area contributed by atoms with Gasteiger partial charge in [0.25, 0.3) is 11.8 Å². The van der Waals surface area contributed by atoms with Gasteiger partial charge in [-0.15, -0.1) is 0 Å². The van der Waals surface area contributed by atoms with Crippen LogP contribution < -0.4 is 0 Å². The van der Waals surface area contributed by atoms with Gasteiger partial charge in [-0.05, 0) is 60.9 Å². The third-order valence-electron chi connectivity index (χ3n) is 6.89. The van der Waals surface area contributed by atoms with Gasteiger partial charge in [0, 0.05) is 28.9 Å². The second-order valence-electron chi connectivity index (χ2n) is 9.18. The highest BCUT2D eigenvalue weighted by atomic mass is 16.2. The van der Waals surface area contributed by atoms with Crippen LogP contribution in [0.3, 0.4) is 0 Å². The molecule has 5 rings (SSSR count). The SMILES string of the molecule is CCC(C)N1C(=O)C(C#N)=C(C)/C(=C\c2cn(-c3ccccc3)nc2-c2ccc3ccccc3c2)C1=O. The normalized spacial score (nSPS) is 15.9. The van der Waals surface area contributed by atoms with E-state index in [4.69, 9.17) is 5.10 Å². The molecule has 2 heterocycles. The number of carbonyl (C=O) groups is 2. The van der Waals surface area contributed by atoms with Gasteiger partial charge < -0.3 is 0 Å². The number of para-hydroxylation sites is 1. The number of hydrogen-bond acceptors (Lipinski definition) is 4. The van der Waals surface area contributed by atoms with Gasteiger partial charge in [-0.25, -0.2) is 4.68 Å². The van der Waals surface area contributed by atoms with Crippen LogP contribution in [0.2, 0.25) is 0 Å². The van der Waals surface area contributed by atoms with E-state index in [2.05, 4.69) is 24.3 Å². The molecule has 3 aromatic carbocycles. The fourth-order valence-corrected chi connectivity index (χ4v) is 4.60. The van der Waals surface area contributed by atoms with Gasteiger partial charge in [-0.2, -0.15) is 10.4 Å². The van der Waals surface area contributed by atoms with Gasteiger partial charge in [-0.1, -0.05) is 61.5 Å². The maximum absolute atomic E-state index is 13.6. The predicted octanol–water partition coefficient (Wildman–Crippen LogP) is 6.08. The van der Waals surface area contributed by atoms with Crippen molar-refractivity contribution >= 4 is 28.7 Å². The van der Waals surface area contributed by atoms with Gasteiger partial charge in [-0.3, -0.25) is 14.5 Å². The van der Waals surface area contributed by atoms with Crippen molar-refractivity contribution in [2.75, 3.05) is 0 Å². The van der Waals surface area contributed by atoms with E-state index in [0.29, 0.717) is 23.3 Å². The Morgan fingerprint density at radius 1 is 0.973 bits per heavy atom. The van der Waals surface area contributed by atoms with Crippen molar-refractivity contribution in [1.29, 1.82) is 5.26 Å². The fraction of sp³-hybridized carbons (Fsp3) is 0.161. The highest BCUT2D eigenvalue weighted by molar-refractivity contribution is 6.20.